The molecule has 104 valence electrons. The van der Waals surface area contributed by atoms with Crippen molar-refractivity contribution in [2.45, 2.75) is 13.8 Å². The number of aromatic amines is 1. The third kappa shape index (κ3) is 3.03. The second-order valence-electron chi connectivity index (χ2n) is 4.30. The van der Waals surface area contributed by atoms with Crippen LogP contribution in [-0.4, -0.2) is 28.6 Å². The maximum atomic E-state index is 12.0. The van der Waals surface area contributed by atoms with Crippen molar-refractivity contribution in [1.82, 2.24) is 15.5 Å². The summed E-state index contributed by atoms with van der Waals surface area (Å²) in [5, 5.41) is 12.0. The molecular weight excluding hydrogens is 256 g/mol. The highest BCUT2D eigenvalue weighted by Gasteiger charge is 2.12. The molecule has 0 spiro atoms. The Morgan fingerprint density at radius 1 is 1.30 bits per heavy atom. The van der Waals surface area contributed by atoms with Gasteiger partial charge in [0, 0.05) is 23.5 Å². The topological polar surface area (TPSA) is 86.9 Å². The maximum Gasteiger partial charge on any atom is 0.259 e. The highest BCUT2D eigenvalue weighted by molar-refractivity contribution is 6.05. The Labute approximate surface area is 116 Å². The van der Waals surface area contributed by atoms with Gasteiger partial charge in [0.2, 0.25) is 0 Å². The zero-order valence-electron chi connectivity index (χ0n) is 11.4. The second-order valence-corrected chi connectivity index (χ2v) is 4.30. The molecule has 20 heavy (non-hydrogen) atoms. The number of aromatic nitrogens is 2. The van der Waals surface area contributed by atoms with Crippen molar-refractivity contribution in [1.29, 1.82) is 0 Å². The fraction of sp³-hybridized carbons (Fsp3) is 0.214. The Morgan fingerprint density at radius 2 is 2.10 bits per heavy atom. The van der Waals surface area contributed by atoms with Gasteiger partial charge in [-0.2, -0.15) is 5.10 Å². The van der Waals surface area contributed by atoms with Gasteiger partial charge in [-0.3, -0.25) is 14.7 Å². The summed E-state index contributed by atoms with van der Waals surface area (Å²) in [5.41, 5.74) is 2.25. The Kier molecular flexibility index (Phi) is 4.14. The number of amides is 2. The lowest BCUT2D eigenvalue weighted by Gasteiger charge is -2.07. The van der Waals surface area contributed by atoms with Gasteiger partial charge in [0.05, 0.1) is 11.8 Å². The number of carbonyl (C=O) groups is 2. The van der Waals surface area contributed by atoms with Crippen LogP contribution in [0.3, 0.4) is 0 Å². The van der Waals surface area contributed by atoms with Crippen LogP contribution < -0.4 is 10.6 Å². The predicted octanol–water partition coefficient (Wildman–Crippen LogP) is 1.72. The normalized spacial score (nSPS) is 10.1. The molecule has 2 rings (SSSR count). The van der Waals surface area contributed by atoms with Crippen LogP contribution >= 0.6 is 0 Å². The van der Waals surface area contributed by atoms with E-state index in [2.05, 4.69) is 20.8 Å². The smallest absolute Gasteiger partial charge is 0.259 e. The van der Waals surface area contributed by atoms with E-state index in [0.717, 1.165) is 0 Å². The van der Waals surface area contributed by atoms with Gasteiger partial charge in [-0.05, 0) is 32.0 Å². The largest absolute Gasteiger partial charge is 0.352 e. The molecule has 0 fully saturated rings. The van der Waals surface area contributed by atoms with E-state index in [1.807, 2.05) is 6.92 Å². The first kappa shape index (κ1) is 13.8. The van der Waals surface area contributed by atoms with Crippen LogP contribution in [0.25, 0.3) is 0 Å². The molecule has 1 aromatic carbocycles. The van der Waals surface area contributed by atoms with E-state index < -0.39 is 0 Å². The summed E-state index contributed by atoms with van der Waals surface area (Å²) in [5.74, 6) is -0.424. The fourth-order valence-electron chi connectivity index (χ4n) is 1.78. The molecule has 6 heteroatoms. The number of nitrogens with one attached hydrogen (secondary N) is 3. The van der Waals surface area contributed by atoms with Gasteiger partial charge in [0.1, 0.15) is 0 Å². The molecule has 0 bridgehead atoms. The average molecular weight is 272 g/mol. The summed E-state index contributed by atoms with van der Waals surface area (Å²) in [6.45, 7) is 4.18. The zero-order chi connectivity index (χ0) is 14.5. The van der Waals surface area contributed by atoms with E-state index in [9.17, 15) is 9.59 Å². The van der Waals surface area contributed by atoms with Crippen LogP contribution in [0, 0.1) is 6.92 Å². The quantitative estimate of drug-likeness (QED) is 0.792. The third-order valence-electron chi connectivity index (χ3n) is 2.79. The Bertz CT molecular complexity index is 634. The molecule has 0 saturated heterocycles. The number of hydrogen-bond donors (Lipinski definition) is 3. The minimum Gasteiger partial charge on any atom is -0.352 e. The first-order chi connectivity index (χ1) is 9.61. The average Bonchev–Trinajstić information content (AvgIpc) is 2.85. The molecule has 0 aliphatic rings. The van der Waals surface area contributed by atoms with Gasteiger partial charge >= 0.3 is 0 Å². The second kappa shape index (κ2) is 6.01. The van der Waals surface area contributed by atoms with E-state index in [4.69, 9.17) is 0 Å². The predicted molar refractivity (Wildman–Crippen MR) is 75.7 cm³/mol. The zero-order valence-corrected chi connectivity index (χ0v) is 11.4. The van der Waals surface area contributed by atoms with Crippen LogP contribution in [0.5, 0.6) is 0 Å². The summed E-state index contributed by atoms with van der Waals surface area (Å²) in [7, 11) is 0. The van der Waals surface area contributed by atoms with Crippen LogP contribution in [-0.2, 0) is 0 Å². The molecule has 1 aromatic heterocycles. The number of hydrogen-bond acceptors (Lipinski definition) is 3. The van der Waals surface area contributed by atoms with E-state index >= 15 is 0 Å². The standard InChI is InChI=1S/C14H16N4O2/c1-3-15-13(19)10-5-4-6-11(7-10)17-14(20)12-8-16-18-9(12)2/h4-8H,3H2,1-2H3,(H,15,19)(H,16,18)(H,17,20). The highest BCUT2D eigenvalue weighted by atomic mass is 16.2. The lowest BCUT2D eigenvalue weighted by atomic mass is 10.1. The SMILES string of the molecule is CCNC(=O)c1cccc(NC(=O)c2cn[nH]c2C)c1. The van der Waals surface area contributed by atoms with Crippen molar-refractivity contribution >= 4 is 17.5 Å². The van der Waals surface area contributed by atoms with Crippen LogP contribution in [0.2, 0.25) is 0 Å². The van der Waals surface area contributed by atoms with Crippen molar-refractivity contribution in [3.05, 3.63) is 47.3 Å². The summed E-state index contributed by atoms with van der Waals surface area (Å²) >= 11 is 0. The molecule has 0 atom stereocenters. The first-order valence-corrected chi connectivity index (χ1v) is 6.31. The van der Waals surface area contributed by atoms with Gasteiger partial charge in [0.15, 0.2) is 0 Å². The molecule has 1 heterocycles. The fourth-order valence-corrected chi connectivity index (χ4v) is 1.78. The van der Waals surface area contributed by atoms with Crippen LogP contribution in [0.4, 0.5) is 5.69 Å². The lowest BCUT2D eigenvalue weighted by Crippen LogP contribution is -2.22. The van der Waals surface area contributed by atoms with E-state index in [1.165, 1.54) is 6.20 Å². The number of H-pyrrole nitrogens is 1. The summed E-state index contributed by atoms with van der Waals surface area (Å²) in [4.78, 5) is 23.8. The third-order valence-corrected chi connectivity index (χ3v) is 2.79. The Morgan fingerprint density at radius 3 is 2.75 bits per heavy atom. The summed E-state index contributed by atoms with van der Waals surface area (Å²) < 4.78 is 0. The van der Waals surface area contributed by atoms with Crippen LogP contribution in [0.1, 0.15) is 33.3 Å². The number of benzene rings is 1. The minimum atomic E-state index is -0.260. The van der Waals surface area contributed by atoms with E-state index in [1.54, 1.807) is 31.2 Å². The van der Waals surface area contributed by atoms with E-state index in [0.29, 0.717) is 29.1 Å². The van der Waals surface area contributed by atoms with Crippen LogP contribution in [0.15, 0.2) is 30.5 Å². The molecule has 0 saturated carbocycles. The Balaban J connectivity index is 2.14. The number of carbonyl (C=O) groups excluding carboxylic acids is 2. The van der Waals surface area contributed by atoms with Crippen molar-refractivity contribution in [2.75, 3.05) is 11.9 Å². The van der Waals surface area contributed by atoms with Gasteiger partial charge in [-0.15, -0.1) is 0 Å². The first-order valence-electron chi connectivity index (χ1n) is 6.31. The Hall–Kier alpha value is -2.63. The van der Waals surface area contributed by atoms with Crippen molar-refractivity contribution in [3.8, 4) is 0 Å². The van der Waals surface area contributed by atoms with Gasteiger partial charge in [-0.25, -0.2) is 0 Å². The lowest BCUT2D eigenvalue weighted by molar-refractivity contribution is 0.0954. The molecular formula is C14H16N4O2. The van der Waals surface area contributed by atoms with Gasteiger partial charge in [0.25, 0.3) is 11.8 Å². The monoisotopic (exact) mass is 272 g/mol. The van der Waals surface area contributed by atoms with Crippen molar-refractivity contribution < 1.29 is 9.59 Å². The molecule has 0 aliphatic heterocycles. The number of nitrogens with zero attached hydrogens (tertiary/aromatic N) is 1. The summed E-state index contributed by atoms with van der Waals surface area (Å²) in [6, 6.07) is 6.79. The molecule has 3 N–H and O–H groups in total. The van der Waals surface area contributed by atoms with Crippen molar-refractivity contribution in [2.24, 2.45) is 0 Å². The number of aryl methyl sites for hydroxylation is 1. The van der Waals surface area contributed by atoms with Gasteiger partial charge < -0.3 is 10.6 Å². The molecule has 0 aliphatic carbocycles. The molecule has 2 amide bonds. The number of rotatable bonds is 4. The molecule has 2 aromatic rings. The maximum absolute atomic E-state index is 12.0. The van der Waals surface area contributed by atoms with Gasteiger partial charge in [-0.1, -0.05) is 6.07 Å². The van der Waals surface area contributed by atoms with Crippen molar-refractivity contribution in [3.63, 3.8) is 0 Å². The molecule has 0 radical (unpaired) electrons. The molecule has 0 unspecified atom stereocenters. The summed E-state index contributed by atoms with van der Waals surface area (Å²) in [6.07, 6.45) is 1.47. The van der Waals surface area contributed by atoms with E-state index in [-0.39, 0.29) is 11.8 Å². The minimum absolute atomic E-state index is 0.164. The molecule has 6 nitrogen and oxygen atoms in total. The highest BCUT2D eigenvalue weighted by Crippen LogP contribution is 2.13. The number of anilines is 1.